The zero-order chi connectivity index (χ0) is 12.7. The van der Waals surface area contributed by atoms with Gasteiger partial charge in [0.05, 0.1) is 0 Å². The van der Waals surface area contributed by atoms with Gasteiger partial charge in [0.25, 0.3) is 5.91 Å². The Balaban J connectivity index is 0. The molecule has 0 saturated heterocycles. The van der Waals surface area contributed by atoms with Crippen LogP contribution in [0.4, 0.5) is 0 Å². The van der Waals surface area contributed by atoms with Crippen LogP contribution < -0.4 is 11.1 Å². The molecule has 6 heteroatoms. The van der Waals surface area contributed by atoms with E-state index in [2.05, 4.69) is 17.2 Å². The molecule has 1 unspecified atom stereocenters. The average Bonchev–Trinajstić information content (AvgIpc) is 2.34. The lowest BCUT2D eigenvalue weighted by Crippen LogP contribution is -2.40. The van der Waals surface area contributed by atoms with E-state index in [-0.39, 0.29) is 36.8 Å². The summed E-state index contributed by atoms with van der Waals surface area (Å²) in [4.78, 5) is 16.1. The highest BCUT2D eigenvalue weighted by Crippen LogP contribution is 2.02. The fraction of sp³-hybridized carbons (Fsp3) is 0.538. The largest absolute Gasteiger partial charge is 0.347 e. The van der Waals surface area contributed by atoms with Gasteiger partial charge in [-0.2, -0.15) is 0 Å². The van der Waals surface area contributed by atoms with E-state index < -0.39 is 0 Å². The molecule has 1 heterocycles. The first-order chi connectivity index (χ1) is 8.17. The Labute approximate surface area is 127 Å². The Morgan fingerprint density at radius 2 is 2.11 bits per heavy atom. The minimum Gasteiger partial charge on any atom is -0.347 e. The fourth-order valence-electron chi connectivity index (χ4n) is 1.63. The highest BCUT2D eigenvalue weighted by atomic mass is 35.5. The van der Waals surface area contributed by atoms with Gasteiger partial charge < -0.3 is 11.1 Å². The first-order valence-corrected chi connectivity index (χ1v) is 6.12. The molecule has 3 N–H and O–H groups in total. The normalized spacial score (nSPS) is 10.9. The second kappa shape index (κ2) is 11.0. The summed E-state index contributed by atoms with van der Waals surface area (Å²) in [6.45, 7) is 4.46. The summed E-state index contributed by atoms with van der Waals surface area (Å²) in [5, 5.41) is 2.92. The van der Waals surface area contributed by atoms with Crippen LogP contribution >= 0.6 is 24.8 Å². The molecule has 1 aromatic heterocycles. The van der Waals surface area contributed by atoms with E-state index >= 15 is 0 Å². The van der Waals surface area contributed by atoms with E-state index in [4.69, 9.17) is 5.73 Å². The van der Waals surface area contributed by atoms with Crippen LogP contribution in [0.25, 0.3) is 0 Å². The van der Waals surface area contributed by atoms with Crippen LogP contribution in [0.15, 0.2) is 18.2 Å². The Bertz CT molecular complexity index is 375. The third kappa shape index (κ3) is 7.35. The molecule has 0 bridgehead atoms. The molecule has 0 saturated carbocycles. The van der Waals surface area contributed by atoms with Crippen molar-refractivity contribution in [3.63, 3.8) is 0 Å². The molecule has 110 valence electrons. The number of unbranched alkanes of at least 4 members (excludes halogenated alkanes) is 1. The first-order valence-electron chi connectivity index (χ1n) is 6.12. The summed E-state index contributed by atoms with van der Waals surface area (Å²) in [6.07, 6.45) is 3.10. The molecule has 0 aromatic carbocycles. The lowest BCUT2D eigenvalue weighted by atomic mass is 10.1. The molecule has 4 nitrogen and oxygen atoms in total. The van der Waals surface area contributed by atoms with Crippen LogP contribution in [0, 0.1) is 6.92 Å². The van der Waals surface area contributed by atoms with Gasteiger partial charge in [0.15, 0.2) is 0 Å². The van der Waals surface area contributed by atoms with Gasteiger partial charge in [0.1, 0.15) is 5.69 Å². The predicted octanol–water partition coefficient (Wildman–Crippen LogP) is 2.48. The predicted molar refractivity (Wildman–Crippen MR) is 83.3 cm³/mol. The van der Waals surface area contributed by atoms with Crippen molar-refractivity contribution in [2.45, 2.75) is 39.2 Å². The highest BCUT2D eigenvalue weighted by molar-refractivity contribution is 5.92. The number of aromatic nitrogens is 1. The molecule has 0 fully saturated rings. The minimum absolute atomic E-state index is 0. The monoisotopic (exact) mass is 307 g/mol. The van der Waals surface area contributed by atoms with Crippen LogP contribution in [0.2, 0.25) is 0 Å². The highest BCUT2D eigenvalue weighted by Gasteiger charge is 2.12. The number of carbonyl (C=O) groups is 1. The fourth-order valence-corrected chi connectivity index (χ4v) is 1.63. The number of amides is 1. The van der Waals surface area contributed by atoms with Gasteiger partial charge in [0, 0.05) is 18.3 Å². The van der Waals surface area contributed by atoms with Gasteiger partial charge in [-0.1, -0.05) is 25.8 Å². The number of aryl methyl sites for hydroxylation is 1. The summed E-state index contributed by atoms with van der Waals surface area (Å²) in [5.41, 5.74) is 6.94. The number of rotatable bonds is 6. The Hall–Kier alpha value is -0.840. The van der Waals surface area contributed by atoms with Crippen LogP contribution in [-0.2, 0) is 0 Å². The summed E-state index contributed by atoms with van der Waals surface area (Å²) in [7, 11) is 0. The molecular formula is C13H23Cl2N3O. The second-order valence-electron chi connectivity index (χ2n) is 4.21. The van der Waals surface area contributed by atoms with Crippen LogP contribution in [0.1, 0.15) is 42.4 Å². The molecule has 0 aliphatic carbocycles. The SMILES string of the molecule is CCCCC(CN)NC(=O)c1cccc(C)n1.Cl.Cl. The van der Waals surface area contributed by atoms with Gasteiger partial charge in [-0.15, -0.1) is 24.8 Å². The maximum atomic E-state index is 11.9. The van der Waals surface area contributed by atoms with Crippen molar-refractivity contribution < 1.29 is 4.79 Å². The first kappa shape index (κ1) is 20.5. The number of nitrogens with two attached hydrogens (primary N) is 1. The van der Waals surface area contributed by atoms with Gasteiger partial charge in [-0.05, 0) is 25.5 Å². The van der Waals surface area contributed by atoms with Gasteiger partial charge in [-0.3, -0.25) is 4.79 Å². The van der Waals surface area contributed by atoms with E-state index in [0.717, 1.165) is 25.0 Å². The van der Waals surface area contributed by atoms with E-state index in [1.807, 2.05) is 19.1 Å². The molecule has 0 spiro atoms. The van der Waals surface area contributed by atoms with Gasteiger partial charge in [-0.25, -0.2) is 4.98 Å². The number of hydrogen-bond acceptors (Lipinski definition) is 3. The van der Waals surface area contributed by atoms with Crippen molar-refractivity contribution in [3.8, 4) is 0 Å². The third-order valence-electron chi connectivity index (χ3n) is 2.65. The molecule has 1 atom stereocenters. The number of pyridine rings is 1. The van der Waals surface area contributed by atoms with Crippen molar-refractivity contribution in [2.24, 2.45) is 5.73 Å². The lowest BCUT2D eigenvalue weighted by molar-refractivity contribution is 0.0930. The summed E-state index contributed by atoms with van der Waals surface area (Å²) in [6, 6.07) is 5.47. The van der Waals surface area contributed by atoms with Crippen LogP contribution in [0.3, 0.4) is 0 Å². The molecule has 1 aromatic rings. The zero-order valence-electron chi connectivity index (χ0n) is 11.4. The maximum Gasteiger partial charge on any atom is 0.270 e. The molecule has 0 aliphatic rings. The molecular weight excluding hydrogens is 285 g/mol. The smallest absolute Gasteiger partial charge is 0.270 e. The summed E-state index contributed by atoms with van der Waals surface area (Å²) >= 11 is 0. The molecule has 1 rings (SSSR count). The summed E-state index contributed by atoms with van der Waals surface area (Å²) < 4.78 is 0. The summed E-state index contributed by atoms with van der Waals surface area (Å²) in [5.74, 6) is -0.139. The van der Waals surface area contributed by atoms with Crippen molar-refractivity contribution in [3.05, 3.63) is 29.6 Å². The molecule has 1 amide bonds. The van der Waals surface area contributed by atoms with Crippen molar-refractivity contribution in [1.82, 2.24) is 10.3 Å². The maximum absolute atomic E-state index is 11.9. The van der Waals surface area contributed by atoms with E-state index in [0.29, 0.717) is 12.2 Å². The average molecular weight is 308 g/mol. The minimum atomic E-state index is -0.139. The second-order valence-corrected chi connectivity index (χ2v) is 4.21. The molecule has 19 heavy (non-hydrogen) atoms. The lowest BCUT2D eigenvalue weighted by Gasteiger charge is -2.16. The van der Waals surface area contributed by atoms with Crippen molar-refractivity contribution >= 4 is 30.7 Å². The number of hydrogen-bond donors (Lipinski definition) is 2. The topological polar surface area (TPSA) is 68.0 Å². The Morgan fingerprint density at radius 3 is 2.63 bits per heavy atom. The molecule has 0 aliphatic heterocycles. The van der Waals surface area contributed by atoms with Crippen LogP contribution in [0.5, 0.6) is 0 Å². The van der Waals surface area contributed by atoms with Gasteiger partial charge in [0.2, 0.25) is 0 Å². The number of nitrogens with one attached hydrogen (secondary N) is 1. The van der Waals surface area contributed by atoms with E-state index in [1.165, 1.54) is 0 Å². The van der Waals surface area contributed by atoms with Crippen molar-refractivity contribution in [2.75, 3.05) is 6.54 Å². The number of nitrogens with zero attached hydrogens (tertiary/aromatic N) is 1. The number of carbonyl (C=O) groups excluding carboxylic acids is 1. The van der Waals surface area contributed by atoms with Gasteiger partial charge >= 0.3 is 0 Å². The zero-order valence-corrected chi connectivity index (χ0v) is 13.0. The van der Waals surface area contributed by atoms with E-state index in [1.54, 1.807) is 6.07 Å². The Morgan fingerprint density at radius 1 is 1.42 bits per heavy atom. The number of halogens is 2. The quantitative estimate of drug-likeness (QED) is 0.848. The Kier molecular flexibility index (Phi) is 11.9. The third-order valence-corrected chi connectivity index (χ3v) is 2.65. The molecule has 0 radical (unpaired) electrons. The standard InChI is InChI=1S/C13H21N3O.2ClH/c1-3-4-7-11(9-14)16-13(17)12-8-5-6-10(2)15-12;;/h5-6,8,11H,3-4,7,9,14H2,1-2H3,(H,16,17);2*1H. The van der Waals surface area contributed by atoms with Crippen molar-refractivity contribution in [1.29, 1.82) is 0 Å². The van der Waals surface area contributed by atoms with Crippen LogP contribution in [-0.4, -0.2) is 23.5 Å². The van der Waals surface area contributed by atoms with E-state index in [9.17, 15) is 4.79 Å².